The minimum Gasteiger partial charge on any atom is -0.389 e. The number of hydrogen-bond acceptors (Lipinski definition) is 1. The molecule has 1 aliphatic carbocycles. The van der Waals surface area contributed by atoms with Gasteiger partial charge in [-0.1, -0.05) is 31.9 Å². The van der Waals surface area contributed by atoms with E-state index in [2.05, 4.69) is 0 Å². The van der Waals surface area contributed by atoms with Crippen LogP contribution in [0, 0.1) is 5.92 Å². The summed E-state index contributed by atoms with van der Waals surface area (Å²) in [6, 6.07) is 5.14. The molecule has 1 aromatic rings. The molecule has 0 amide bonds. The van der Waals surface area contributed by atoms with Gasteiger partial charge in [-0.25, -0.2) is 0 Å². The van der Waals surface area contributed by atoms with E-state index in [0.717, 1.165) is 43.4 Å². The molecule has 0 saturated heterocycles. The maximum Gasteiger partial charge on any atom is 0.416 e. The summed E-state index contributed by atoms with van der Waals surface area (Å²) in [4.78, 5) is 0. The van der Waals surface area contributed by atoms with Crippen LogP contribution in [0.2, 0.25) is 0 Å². The zero-order valence-corrected chi connectivity index (χ0v) is 11.0. The van der Waals surface area contributed by atoms with Crippen molar-refractivity contribution >= 4 is 0 Å². The molecule has 2 atom stereocenters. The lowest BCUT2D eigenvalue weighted by Crippen LogP contribution is -2.35. The Hall–Kier alpha value is -1.03. The van der Waals surface area contributed by atoms with Gasteiger partial charge in [-0.2, -0.15) is 13.2 Å². The zero-order valence-electron chi connectivity index (χ0n) is 11.0. The number of hydrogen-bond donors (Lipinski definition) is 1. The zero-order chi connectivity index (χ0) is 14.1. The number of benzene rings is 1. The minimum absolute atomic E-state index is 0.259. The fourth-order valence-corrected chi connectivity index (χ4v) is 3.11. The summed E-state index contributed by atoms with van der Waals surface area (Å²) in [5, 5.41) is 10.6. The van der Waals surface area contributed by atoms with E-state index in [-0.39, 0.29) is 5.92 Å². The van der Waals surface area contributed by atoms with Crippen molar-refractivity contribution in [1.82, 2.24) is 0 Å². The molecular formula is C15H19F3O. The van der Waals surface area contributed by atoms with Crippen LogP contribution < -0.4 is 0 Å². The highest BCUT2D eigenvalue weighted by Gasteiger charge is 2.40. The fourth-order valence-electron chi connectivity index (χ4n) is 3.11. The molecule has 0 radical (unpaired) electrons. The molecular weight excluding hydrogens is 253 g/mol. The minimum atomic E-state index is -4.30. The van der Waals surface area contributed by atoms with Gasteiger partial charge in [0.05, 0.1) is 11.2 Å². The predicted molar refractivity (Wildman–Crippen MR) is 67.7 cm³/mol. The first-order valence-electron chi connectivity index (χ1n) is 6.73. The van der Waals surface area contributed by atoms with Crippen molar-refractivity contribution in [1.29, 1.82) is 0 Å². The second-order valence-electron chi connectivity index (χ2n) is 5.47. The van der Waals surface area contributed by atoms with E-state index in [4.69, 9.17) is 0 Å². The Morgan fingerprint density at radius 1 is 1.26 bits per heavy atom. The lowest BCUT2D eigenvalue weighted by Gasteiger charge is -2.29. The summed E-state index contributed by atoms with van der Waals surface area (Å²) in [5.74, 6) is 0.259. The average Bonchev–Trinajstić information content (AvgIpc) is 2.69. The second-order valence-corrected chi connectivity index (χ2v) is 5.47. The molecule has 4 heteroatoms. The lowest BCUT2D eigenvalue weighted by molar-refractivity contribution is -0.137. The molecule has 1 nitrogen and oxygen atoms in total. The summed E-state index contributed by atoms with van der Waals surface area (Å²) in [6.45, 7) is 2.05. The van der Waals surface area contributed by atoms with E-state index in [9.17, 15) is 18.3 Å². The van der Waals surface area contributed by atoms with Gasteiger partial charge in [0.1, 0.15) is 0 Å². The predicted octanol–water partition coefficient (Wildman–Crippen LogP) is 4.19. The smallest absolute Gasteiger partial charge is 0.389 e. The Bertz CT molecular complexity index is 424. The summed E-state index contributed by atoms with van der Waals surface area (Å²) < 4.78 is 37.4. The topological polar surface area (TPSA) is 20.2 Å². The molecule has 1 saturated carbocycles. The van der Waals surface area contributed by atoms with E-state index >= 15 is 0 Å². The lowest BCUT2D eigenvalue weighted by atomic mass is 9.83. The third-order valence-corrected chi connectivity index (χ3v) is 4.21. The second kappa shape index (κ2) is 5.16. The fraction of sp³-hybridized carbons (Fsp3) is 0.600. The average molecular weight is 272 g/mol. The van der Waals surface area contributed by atoms with E-state index < -0.39 is 17.3 Å². The van der Waals surface area contributed by atoms with Gasteiger partial charge < -0.3 is 5.11 Å². The van der Waals surface area contributed by atoms with Crippen molar-refractivity contribution in [3.8, 4) is 0 Å². The Labute approximate surface area is 111 Å². The summed E-state index contributed by atoms with van der Waals surface area (Å²) in [6.07, 6.45) is -0.189. The highest BCUT2D eigenvalue weighted by atomic mass is 19.4. The normalized spacial score (nSPS) is 27.7. The number of rotatable bonds is 3. The molecule has 1 aromatic carbocycles. The maximum absolute atomic E-state index is 12.5. The number of alkyl halides is 3. The van der Waals surface area contributed by atoms with Gasteiger partial charge in [-0.05, 0) is 36.5 Å². The van der Waals surface area contributed by atoms with Crippen LogP contribution in [0.3, 0.4) is 0 Å². The first kappa shape index (κ1) is 14.4. The standard InChI is InChI=1S/C15H19F3O/c1-2-12-4-3-9-14(12,19)10-11-5-7-13(8-6-11)15(16,17)18/h5-8,12,19H,2-4,9-10H2,1H3. The number of halogens is 3. The van der Waals surface area contributed by atoms with Crippen LogP contribution in [0.15, 0.2) is 24.3 Å². The highest BCUT2D eigenvalue weighted by Crippen LogP contribution is 2.40. The van der Waals surface area contributed by atoms with Crippen LogP contribution in [-0.2, 0) is 12.6 Å². The van der Waals surface area contributed by atoms with Crippen LogP contribution in [0.25, 0.3) is 0 Å². The molecule has 106 valence electrons. The van der Waals surface area contributed by atoms with Gasteiger partial charge in [0, 0.05) is 6.42 Å². The van der Waals surface area contributed by atoms with E-state index in [1.54, 1.807) is 0 Å². The molecule has 0 spiro atoms. The SMILES string of the molecule is CCC1CCCC1(O)Cc1ccc(C(F)(F)F)cc1. The monoisotopic (exact) mass is 272 g/mol. The third-order valence-electron chi connectivity index (χ3n) is 4.21. The highest BCUT2D eigenvalue weighted by molar-refractivity contribution is 5.26. The van der Waals surface area contributed by atoms with Crippen molar-refractivity contribution < 1.29 is 18.3 Å². The Balaban J connectivity index is 2.11. The van der Waals surface area contributed by atoms with Crippen LogP contribution in [0.1, 0.15) is 43.7 Å². The first-order valence-corrected chi connectivity index (χ1v) is 6.73. The van der Waals surface area contributed by atoms with Crippen molar-refractivity contribution in [3.63, 3.8) is 0 Å². The van der Waals surface area contributed by atoms with E-state index in [1.807, 2.05) is 6.92 Å². The van der Waals surface area contributed by atoms with Crippen LogP contribution in [0.5, 0.6) is 0 Å². The van der Waals surface area contributed by atoms with Crippen LogP contribution >= 0.6 is 0 Å². The van der Waals surface area contributed by atoms with Gasteiger partial charge in [0.15, 0.2) is 0 Å². The summed E-state index contributed by atoms with van der Waals surface area (Å²) in [7, 11) is 0. The maximum atomic E-state index is 12.5. The van der Waals surface area contributed by atoms with Crippen LogP contribution in [-0.4, -0.2) is 10.7 Å². The molecule has 1 fully saturated rings. The molecule has 2 rings (SSSR count). The van der Waals surface area contributed by atoms with Crippen molar-refractivity contribution in [3.05, 3.63) is 35.4 Å². The first-order chi connectivity index (χ1) is 8.85. The Morgan fingerprint density at radius 3 is 2.42 bits per heavy atom. The third kappa shape index (κ3) is 3.11. The summed E-state index contributed by atoms with van der Waals surface area (Å²) >= 11 is 0. The van der Waals surface area contributed by atoms with Gasteiger partial charge >= 0.3 is 6.18 Å². The molecule has 2 unspecified atom stereocenters. The molecule has 0 aliphatic heterocycles. The molecule has 0 bridgehead atoms. The van der Waals surface area contributed by atoms with Crippen molar-refractivity contribution in [2.75, 3.05) is 0 Å². The van der Waals surface area contributed by atoms with Crippen molar-refractivity contribution in [2.45, 2.75) is 50.8 Å². The Morgan fingerprint density at radius 2 is 1.89 bits per heavy atom. The molecule has 0 aromatic heterocycles. The molecule has 0 heterocycles. The van der Waals surface area contributed by atoms with Crippen molar-refractivity contribution in [2.24, 2.45) is 5.92 Å². The van der Waals surface area contributed by atoms with Gasteiger partial charge in [-0.3, -0.25) is 0 Å². The largest absolute Gasteiger partial charge is 0.416 e. The van der Waals surface area contributed by atoms with Gasteiger partial charge in [0.25, 0.3) is 0 Å². The van der Waals surface area contributed by atoms with E-state index in [0.29, 0.717) is 6.42 Å². The van der Waals surface area contributed by atoms with E-state index in [1.165, 1.54) is 12.1 Å². The molecule has 19 heavy (non-hydrogen) atoms. The molecule has 1 aliphatic rings. The Kier molecular flexibility index (Phi) is 3.90. The number of aliphatic hydroxyl groups is 1. The van der Waals surface area contributed by atoms with Crippen LogP contribution in [0.4, 0.5) is 13.2 Å². The quantitative estimate of drug-likeness (QED) is 0.874. The molecule has 1 N–H and O–H groups in total. The van der Waals surface area contributed by atoms with Gasteiger partial charge in [0.2, 0.25) is 0 Å². The summed E-state index contributed by atoms with van der Waals surface area (Å²) in [5.41, 5.74) is -0.605. The van der Waals surface area contributed by atoms with Gasteiger partial charge in [-0.15, -0.1) is 0 Å².